The van der Waals surface area contributed by atoms with Crippen LogP contribution in [0.15, 0.2) is 10.6 Å². The van der Waals surface area contributed by atoms with Gasteiger partial charge in [0.15, 0.2) is 0 Å². The summed E-state index contributed by atoms with van der Waals surface area (Å²) in [6.07, 6.45) is 1.86. The van der Waals surface area contributed by atoms with Gasteiger partial charge in [-0.2, -0.15) is 0 Å². The molecule has 0 aromatic carbocycles. The molecule has 0 spiro atoms. The molecule has 114 valence electrons. The minimum atomic E-state index is 0.0324. The number of aromatic nitrogens is 1. The lowest BCUT2D eigenvalue weighted by Crippen LogP contribution is -2.45. The van der Waals surface area contributed by atoms with Crippen molar-refractivity contribution >= 4 is 0 Å². The molecule has 5 nitrogen and oxygen atoms in total. The summed E-state index contributed by atoms with van der Waals surface area (Å²) in [7, 11) is 2.13. The summed E-state index contributed by atoms with van der Waals surface area (Å²) in [5.41, 5.74) is 0.0324. The maximum Gasteiger partial charge on any atom is 0.208 e. The Morgan fingerprint density at radius 3 is 2.65 bits per heavy atom. The highest BCUT2D eigenvalue weighted by atomic mass is 16.4. The second-order valence-corrected chi connectivity index (χ2v) is 6.70. The molecule has 0 bridgehead atoms. The summed E-state index contributed by atoms with van der Waals surface area (Å²) in [6, 6.07) is 0. The summed E-state index contributed by atoms with van der Waals surface area (Å²) in [4.78, 5) is 9.17. The van der Waals surface area contributed by atoms with Gasteiger partial charge < -0.3 is 9.73 Å². The van der Waals surface area contributed by atoms with Crippen molar-refractivity contribution < 1.29 is 4.42 Å². The lowest BCUT2D eigenvalue weighted by Gasteiger charge is -2.28. The van der Waals surface area contributed by atoms with Crippen LogP contribution >= 0.6 is 0 Å². The maximum absolute atomic E-state index is 5.83. The summed E-state index contributed by atoms with van der Waals surface area (Å²) in [5, 5.41) is 3.38. The van der Waals surface area contributed by atoms with Crippen LogP contribution in [0.4, 0.5) is 0 Å². The summed E-state index contributed by atoms with van der Waals surface area (Å²) < 4.78 is 5.83. The first-order valence-corrected chi connectivity index (χ1v) is 7.52. The topological polar surface area (TPSA) is 44.5 Å². The van der Waals surface area contributed by atoms with Crippen molar-refractivity contribution in [2.45, 2.75) is 32.7 Å². The van der Waals surface area contributed by atoms with Gasteiger partial charge in [0.25, 0.3) is 0 Å². The van der Waals surface area contributed by atoms with Crippen molar-refractivity contribution in [2.24, 2.45) is 0 Å². The zero-order chi connectivity index (χ0) is 14.6. The molecule has 0 aliphatic carbocycles. The molecule has 2 heterocycles. The van der Waals surface area contributed by atoms with E-state index in [2.05, 4.69) is 47.9 Å². The fraction of sp³-hybridized carbons (Fsp3) is 0.800. The van der Waals surface area contributed by atoms with Gasteiger partial charge in [-0.15, -0.1) is 0 Å². The van der Waals surface area contributed by atoms with E-state index in [4.69, 9.17) is 4.42 Å². The van der Waals surface area contributed by atoms with Gasteiger partial charge in [-0.05, 0) is 7.05 Å². The van der Waals surface area contributed by atoms with Gasteiger partial charge in [0.1, 0.15) is 5.76 Å². The van der Waals surface area contributed by atoms with E-state index in [1.165, 1.54) is 0 Å². The molecule has 1 saturated heterocycles. The summed E-state index contributed by atoms with van der Waals surface area (Å²) >= 11 is 0. The van der Waals surface area contributed by atoms with Gasteiger partial charge in [0.2, 0.25) is 5.89 Å². The molecule has 1 aromatic rings. The number of piperazine rings is 1. The Hall–Kier alpha value is -0.910. The van der Waals surface area contributed by atoms with Crippen LogP contribution in [0, 0.1) is 0 Å². The molecule has 1 fully saturated rings. The quantitative estimate of drug-likeness (QED) is 0.881. The minimum Gasteiger partial charge on any atom is -0.444 e. The first kappa shape index (κ1) is 15.5. The van der Waals surface area contributed by atoms with E-state index < -0.39 is 0 Å². The first-order valence-electron chi connectivity index (χ1n) is 7.52. The number of oxazole rings is 1. The van der Waals surface area contributed by atoms with E-state index in [1.807, 2.05) is 6.20 Å². The van der Waals surface area contributed by atoms with Gasteiger partial charge in [-0.1, -0.05) is 20.8 Å². The van der Waals surface area contributed by atoms with Crippen molar-refractivity contribution in [3.8, 4) is 0 Å². The highest BCUT2D eigenvalue weighted by Gasteiger charge is 2.19. The molecule has 1 aromatic heterocycles. The highest BCUT2D eigenvalue weighted by molar-refractivity contribution is 5.05. The standard InChI is InChI=1S/C15H28N4O/c1-15(2,3)13-11-17-14(20-13)12-18(4)9-10-19-7-5-16-6-8-19/h11,16H,5-10,12H2,1-4H3. The Bertz CT molecular complexity index is 404. The van der Waals surface area contributed by atoms with Crippen molar-refractivity contribution in [1.29, 1.82) is 0 Å². The SMILES string of the molecule is CN(CCN1CCNCC1)Cc1ncc(C(C)(C)C)o1. The van der Waals surface area contributed by atoms with Crippen LogP contribution in [0.5, 0.6) is 0 Å². The normalized spacial score (nSPS) is 17.9. The van der Waals surface area contributed by atoms with E-state index in [0.717, 1.165) is 57.5 Å². The number of nitrogens with one attached hydrogen (secondary N) is 1. The lowest BCUT2D eigenvalue weighted by atomic mass is 9.94. The van der Waals surface area contributed by atoms with Crippen LogP contribution in [0.1, 0.15) is 32.4 Å². The summed E-state index contributed by atoms with van der Waals surface area (Å²) in [6.45, 7) is 13.9. The van der Waals surface area contributed by atoms with E-state index >= 15 is 0 Å². The Morgan fingerprint density at radius 2 is 2.05 bits per heavy atom. The fourth-order valence-corrected chi connectivity index (χ4v) is 2.29. The third kappa shape index (κ3) is 4.58. The summed E-state index contributed by atoms with van der Waals surface area (Å²) in [5.74, 6) is 1.78. The van der Waals surface area contributed by atoms with Crippen LogP contribution in [0.25, 0.3) is 0 Å². The molecular formula is C15H28N4O. The largest absolute Gasteiger partial charge is 0.444 e. The third-order valence-electron chi connectivity index (χ3n) is 3.71. The number of nitrogens with zero attached hydrogens (tertiary/aromatic N) is 3. The molecule has 1 aliphatic heterocycles. The molecular weight excluding hydrogens is 252 g/mol. The van der Waals surface area contributed by atoms with Gasteiger partial charge in [-0.3, -0.25) is 9.80 Å². The first-order chi connectivity index (χ1) is 9.45. The van der Waals surface area contributed by atoms with E-state index in [1.54, 1.807) is 0 Å². The fourth-order valence-electron chi connectivity index (χ4n) is 2.29. The average molecular weight is 280 g/mol. The molecule has 20 heavy (non-hydrogen) atoms. The smallest absolute Gasteiger partial charge is 0.208 e. The second-order valence-electron chi connectivity index (χ2n) is 6.70. The van der Waals surface area contributed by atoms with Crippen LogP contribution in [0.2, 0.25) is 0 Å². The Kier molecular flexibility index (Phi) is 5.18. The van der Waals surface area contributed by atoms with Crippen LogP contribution in [-0.2, 0) is 12.0 Å². The van der Waals surface area contributed by atoms with Crippen molar-refractivity contribution in [2.75, 3.05) is 46.3 Å². The van der Waals surface area contributed by atoms with Gasteiger partial charge >= 0.3 is 0 Å². The molecule has 2 rings (SSSR count). The monoisotopic (exact) mass is 280 g/mol. The van der Waals surface area contributed by atoms with Gasteiger partial charge in [0.05, 0.1) is 12.7 Å². The zero-order valence-electron chi connectivity index (χ0n) is 13.3. The van der Waals surface area contributed by atoms with E-state index in [-0.39, 0.29) is 5.41 Å². The van der Waals surface area contributed by atoms with E-state index in [0.29, 0.717) is 0 Å². The molecule has 0 amide bonds. The predicted molar refractivity (Wildman–Crippen MR) is 80.8 cm³/mol. The van der Waals surface area contributed by atoms with Crippen LogP contribution < -0.4 is 5.32 Å². The maximum atomic E-state index is 5.83. The van der Waals surface area contributed by atoms with Gasteiger partial charge in [-0.25, -0.2) is 4.98 Å². The number of hydrogen-bond acceptors (Lipinski definition) is 5. The van der Waals surface area contributed by atoms with Gasteiger partial charge in [0, 0.05) is 44.7 Å². The van der Waals surface area contributed by atoms with Crippen molar-refractivity contribution in [3.63, 3.8) is 0 Å². The highest BCUT2D eigenvalue weighted by Crippen LogP contribution is 2.22. The molecule has 0 unspecified atom stereocenters. The predicted octanol–water partition coefficient (Wildman–Crippen LogP) is 1.31. The van der Waals surface area contributed by atoms with Crippen molar-refractivity contribution in [1.82, 2.24) is 20.1 Å². The minimum absolute atomic E-state index is 0.0324. The Balaban J connectivity index is 1.76. The third-order valence-corrected chi connectivity index (χ3v) is 3.71. The lowest BCUT2D eigenvalue weighted by molar-refractivity contribution is 0.194. The number of rotatable bonds is 5. The van der Waals surface area contributed by atoms with Crippen molar-refractivity contribution in [3.05, 3.63) is 17.8 Å². The van der Waals surface area contributed by atoms with Crippen LogP contribution in [0.3, 0.4) is 0 Å². The van der Waals surface area contributed by atoms with Crippen LogP contribution in [-0.4, -0.2) is 61.1 Å². The molecule has 0 saturated carbocycles. The van der Waals surface area contributed by atoms with E-state index in [9.17, 15) is 0 Å². The molecule has 5 heteroatoms. The zero-order valence-corrected chi connectivity index (χ0v) is 13.3. The average Bonchev–Trinajstić information content (AvgIpc) is 2.86. The molecule has 0 atom stereocenters. The Labute approximate surface area is 122 Å². The molecule has 1 N–H and O–H groups in total. The number of likely N-dealkylation sites (N-methyl/N-ethyl adjacent to an activating group) is 1. The molecule has 1 aliphatic rings. The Morgan fingerprint density at radius 1 is 1.35 bits per heavy atom. The number of hydrogen-bond donors (Lipinski definition) is 1. The second kappa shape index (κ2) is 6.70. The molecule has 0 radical (unpaired) electrons.